The van der Waals surface area contributed by atoms with E-state index >= 15 is 0 Å². The lowest BCUT2D eigenvalue weighted by atomic mass is 10.0. The highest BCUT2D eigenvalue weighted by Crippen LogP contribution is 2.14. The number of hydrogen-bond acceptors (Lipinski definition) is 5. The van der Waals surface area contributed by atoms with Crippen LogP contribution >= 0.6 is 0 Å². The minimum Gasteiger partial charge on any atom is -0.478 e. The van der Waals surface area contributed by atoms with Gasteiger partial charge in [0.05, 0.1) is 6.61 Å². The van der Waals surface area contributed by atoms with Crippen molar-refractivity contribution in [2.75, 3.05) is 6.61 Å². The van der Waals surface area contributed by atoms with Crippen molar-refractivity contribution in [1.82, 2.24) is 0 Å². The fourth-order valence-corrected chi connectivity index (χ4v) is 4.14. The predicted molar refractivity (Wildman–Crippen MR) is 159 cm³/mol. The van der Waals surface area contributed by atoms with Crippen molar-refractivity contribution in [3.63, 3.8) is 0 Å². The standard InChI is InChI=1S/2C16H28O4/c1-2-3-4-5-6-7-8-9-10-11-14-20-16(19)13-12-15(17)18;1-2-3-4-5-6-7-8-9-10-11-12-14(16(19)20)13-15(17)18/h12-13H,2-11,14H2,1H3,(H,17,18);13H,2-12H2,1H3,(H,17,18)(H,19,20)/b13-12-;14-13-. The summed E-state index contributed by atoms with van der Waals surface area (Å²) >= 11 is 0. The summed E-state index contributed by atoms with van der Waals surface area (Å²) < 4.78 is 4.88. The Kier molecular flexibility index (Phi) is 30.5. The Morgan fingerprint density at radius 3 is 1.30 bits per heavy atom. The molecule has 0 unspecified atom stereocenters. The Balaban J connectivity index is 0. The van der Waals surface area contributed by atoms with Crippen LogP contribution in [0.2, 0.25) is 0 Å². The van der Waals surface area contributed by atoms with Crippen molar-refractivity contribution in [3.8, 4) is 0 Å². The van der Waals surface area contributed by atoms with Crippen LogP contribution in [0, 0.1) is 0 Å². The third-order valence-corrected chi connectivity index (χ3v) is 6.48. The maximum absolute atomic E-state index is 11.0. The van der Waals surface area contributed by atoms with Crippen molar-refractivity contribution in [2.45, 2.75) is 149 Å². The van der Waals surface area contributed by atoms with Gasteiger partial charge in [0, 0.05) is 23.8 Å². The number of carbonyl (C=O) groups is 4. The minimum atomic E-state index is -1.19. The maximum atomic E-state index is 11.0. The lowest BCUT2D eigenvalue weighted by molar-refractivity contribution is -0.138. The summed E-state index contributed by atoms with van der Waals surface area (Å²) in [6.07, 6.45) is 27.0. The van der Waals surface area contributed by atoms with E-state index in [9.17, 15) is 19.2 Å². The Hall–Kier alpha value is -2.64. The lowest BCUT2D eigenvalue weighted by Gasteiger charge is -2.03. The van der Waals surface area contributed by atoms with Gasteiger partial charge in [-0.2, -0.15) is 0 Å². The van der Waals surface area contributed by atoms with E-state index in [1.54, 1.807) is 0 Å². The highest BCUT2D eigenvalue weighted by atomic mass is 16.5. The molecule has 0 atom stereocenters. The number of carbonyl (C=O) groups excluding carboxylic acids is 1. The fourth-order valence-electron chi connectivity index (χ4n) is 4.14. The second kappa shape index (κ2) is 30.9. The SMILES string of the molecule is CCCCCCCCCCCC/C(=C/C(=O)O)C(=O)O.CCCCCCCCCCCCOC(=O)/C=C\C(=O)O. The van der Waals surface area contributed by atoms with Gasteiger partial charge in [-0.3, -0.25) is 0 Å². The third-order valence-electron chi connectivity index (χ3n) is 6.48. The van der Waals surface area contributed by atoms with E-state index in [1.165, 1.54) is 96.3 Å². The lowest BCUT2D eigenvalue weighted by Crippen LogP contribution is -2.04. The number of rotatable bonds is 26. The third kappa shape index (κ3) is 33.4. The van der Waals surface area contributed by atoms with Crippen LogP contribution in [-0.2, 0) is 23.9 Å². The van der Waals surface area contributed by atoms with E-state index in [4.69, 9.17) is 20.1 Å². The minimum absolute atomic E-state index is 0.00272. The highest BCUT2D eigenvalue weighted by molar-refractivity contribution is 5.94. The van der Waals surface area contributed by atoms with Crippen LogP contribution in [0.15, 0.2) is 23.8 Å². The second-order valence-corrected chi connectivity index (χ2v) is 10.3. The molecule has 0 aromatic carbocycles. The first-order valence-corrected chi connectivity index (χ1v) is 15.5. The molecule has 0 heterocycles. The van der Waals surface area contributed by atoms with E-state index in [1.807, 2.05) is 0 Å². The Morgan fingerprint density at radius 1 is 0.525 bits per heavy atom. The first kappa shape index (κ1) is 39.5. The van der Waals surface area contributed by atoms with Crippen molar-refractivity contribution in [1.29, 1.82) is 0 Å². The van der Waals surface area contributed by atoms with Crippen molar-refractivity contribution < 1.29 is 39.2 Å². The molecule has 0 aromatic heterocycles. The smallest absolute Gasteiger partial charge is 0.331 e. The highest BCUT2D eigenvalue weighted by Gasteiger charge is 2.08. The summed E-state index contributed by atoms with van der Waals surface area (Å²) in [5, 5.41) is 25.7. The van der Waals surface area contributed by atoms with E-state index in [0.717, 1.165) is 50.3 Å². The molecule has 0 rings (SSSR count). The molecule has 0 saturated heterocycles. The van der Waals surface area contributed by atoms with Crippen LogP contribution in [0.25, 0.3) is 0 Å². The molecule has 0 spiro atoms. The number of unbranched alkanes of at least 4 members (excludes halogenated alkanes) is 18. The van der Waals surface area contributed by atoms with Gasteiger partial charge in [-0.25, -0.2) is 19.2 Å². The molecule has 40 heavy (non-hydrogen) atoms. The van der Waals surface area contributed by atoms with Gasteiger partial charge in [0.25, 0.3) is 0 Å². The molecule has 0 saturated carbocycles. The zero-order valence-corrected chi connectivity index (χ0v) is 25.2. The van der Waals surface area contributed by atoms with Gasteiger partial charge in [0.15, 0.2) is 0 Å². The first-order chi connectivity index (χ1) is 19.2. The zero-order valence-electron chi connectivity index (χ0n) is 25.2. The first-order valence-electron chi connectivity index (χ1n) is 15.5. The van der Waals surface area contributed by atoms with E-state index in [0.29, 0.717) is 13.0 Å². The summed E-state index contributed by atoms with van der Waals surface area (Å²) in [5.74, 6) is -4.03. The predicted octanol–water partition coefficient (Wildman–Crippen LogP) is 8.48. The molecule has 0 radical (unpaired) electrons. The molecule has 0 fully saturated rings. The number of aliphatic carboxylic acids is 3. The monoisotopic (exact) mass is 568 g/mol. The number of carboxylic acid groups (broad SMARTS) is 3. The summed E-state index contributed by atoms with van der Waals surface area (Å²) in [7, 11) is 0. The quantitative estimate of drug-likeness (QED) is 0.0536. The molecule has 3 N–H and O–H groups in total. The molecule has 0 aromatic rings. The van der Waals surface area contributed by atoms with Crippen LogP contribution in [0.5, 0.6) is 0 Å². The molecular weight excluding hydrogens is 512 g/mol. The van der Waals surface area contributed by atoms with Gasteiger partial charge >= 0.3 is 23.9 Å². The van der Waals surface area contributed by atoms with E-state index < -0.39 is 23.9 Å². The summed E-state index contributed by atoms with van der Waals surface area (Å²) in [6, 6.07) is 0. The molecule has 0 aliphatic rings. The summed E-state index contributed by atoms with van der Waals surface area (Å²) in [6.45, 7) is 4.81. The van der Waals surface area contributed by atoms with Gasteiger partial charge in [-0.05, 0) is 19.3 Å². The average Bonchev–Trinajstić information content (AvgIpc) is 2.91. The Bertz CT molecular complexity index is 710. The molecule has 0 aliphatic heterocycles. The normalized spacial score (nSPS) is 11.2. The molecule has 0 bridgehead atoms. The van der Waals surface area contributed by atoms with Crippen molar-refractivity contribution in [2.24, 2.45) is 0 Å². The van der Waals surface area contributed by atoms with Crippen LogP contribution in [0.3, 0.4) is 0 Å². The maximum Gasteiger partial charge on any atom is 0.331 e. The Morgan fingerprint density at radius 2 is 0.925 bits per heavy atom. The van der Waals surface area contributed by atoms with Crippen LogP contribution in [-0.4, -0.2) is 45.8 Å². The van der Waals surface area contributed by atoms with Crippen LogP contribution in [0.4, 0.5) is 0 Å². The van der Waals surface area contributed by atoms with E-state index in [-0.39, 0.29) is 5.57 Å². The largest absolute Gasteiger partial charge is 0.478 e. The van der Waals surface area contributed by atoms with Crippen LogP contribution < -0.4 is 0 Å². The molecule has 232 valence electrons. The molecule has 0 aliphatic carbocycles. The van der Waals surface area contributed by atoms with Crippen molar-refractivity contribution in [3.05, 3.63) is 23.8 Å². The van der Waals surface area contributed by atoms with Crippen LogP contribution in [0.1, 0.15) is 149 Å². The average molecular weight is 569 g/mol. The van der Waals surface area contributed by atoms with Gasteiger partial charge in [-0.1, -0.05) is 129 Å². The summed E-state index contributed by atoms with van der Waals surface area (Å²) in [4.78, 5) is 42.5. The van der Waals surface area contributed by atoms with Gasteiger partial charge in [0.2, 0.25) is 0 Å². The fraction of sp³-hybridized carbons (Fsp3) is 0.750. The zero-order chi connectivity index (χ0) is 30.3. The molecular formula is C32H56O8. The molecule has 8 nitrogen and oxygen atoms in total. The second-order valence-electron chi connectivity index (χ2n) is 10.3. The van der Waals surface area contributed by atoms with Gasteiger partial charge in [0.1, 0.15) is 0 Å². The Labute approximate surface area is 242 Å². The van der Waals surface area contributed by atoms with Gasteiger partial charge in [-0.15, -0.1) is 0 Å². The molecule has 8 heteroatoms. The van der Waals surface area contributed by atoms with E-state index in [2.05, 4.69) is 13.8 Å². The number of esters is 1. The van der Waals surface area contributed by atoms with Crippen molar-refractivity contribution >= 4 is 23.9 Å². The topological polar surface area (TPSA) is 138 Å². The summed E-state index contributed by atoms with van der Waals surface area (Å²) in [5.41, 5.74) is -0.00272. The molecule has 0 amide bonds. The number of ether oxygens (including phenoxy) is 1. The number of hydrogen-bond donors (Lipinski definition) is 3. The number of carboxylic acids is 3. The van der Waals surface area contributed by atoms with Gasteiger partial charge < -0.3 is 20.1 Å².